The van der Waals surface area contributed by atoms with Gasteiger partial charge in [0.2, 0.25) is 0 Å². The fourth-order valence-corrected chi connectivity index (χ4v) is 2.79. The number of benzene rings is 1. The second kappa shape index (κ2) is 7.12. The molecule has 0 saturated carbocycles. The lowest BCUT2D eigenvalue weighted by atomic mass is 10.0. The average Bonchev–Trinajstić information content (AvgIpc) is 2.90. The normalized spacial score (nSPS) is 17.6. The lowest BCUT2D eigenvalue weighted by Gasteiger charge is -2.23. The Hall–Kier alpha value is -1.02. The quantitative estimate of drug-likeness (QED) is 0.668. The SMILES string of the molecule is O=C(S)N1CCCC1c1ccc(Cl)c(OCC#CCl)c1. The molecule has 0 aliphatic carbocycles. The number of thiol groups is 1. The van der Waals surface area contributed by atoms with Crippen LogP contribution in [0.25, 0.3) is 0 Å². The number of nitrogens with zero attached hydrogens (tertiary/aromatic N) is 1. The highest BCUT2D eigenvalue weighted by Gasteiger charge is 2.28. The number of carbonyl (C=O) groups excluding carboxylic acids is 1. The minimum absolute atomic E-state index is 0.0266. The van der Waals surface area contributed by atoms with Crippen LogP contribution >= 0.6 is 35.8 Å². The Balaban J connectivity index is 2.21. The van der Waals surface area contributed by atoms with Gasteiger partial charge in [0.05, 0.1) is 11.1 Å². The van der Waals surface area contributed by atoms with Gasteiger partial charge in [0, 0.05) is 11.9 Å². The smallest absolute Gasteiger partial charge is 0.279 e. The van der Waals surface area contributed by atoms with Crippen LogP contribution in [-0.4, -0.2) is 23.3 Å². The molecule has 20 heavy (non-hydrogen) atoms. The van der Waals surface area contributed by atoms with Crippen molar-refractivity contribution in [3.63, 3.8) is 0 Å². The van der Waals surface area contributed by atoms with Crippen LogP contribution in [0.2, 0.25) is 5.02 Å². The summed E-state index contributed by atoms with van der Waals surface area (Å²) in [7, 11) is 0. The van der Waals surface area contributed by atoms with Gasteiger partial charge >= 0.3 is 0 Å². The molecule has 0 N–H and O–H groups in total. The van der Waals surface area contributed by atoms with Crippen molar-refractivity contribution in [2.75, 3.05) is 13.2 Å². The second-order valence-electron chi connectivity index (χ2n) is 4.38. The van der Waals surface area contributed by atoms with E-state index in [1.807, 2.05) is 12.1 Å². The van der Waals surface area contributed by atoms with Gasteiger partial charge in [0.15, 0.2) is 0 Å². The fraction of sp³-hybridized carbons (Fsp3) is 0.357. The summed E-state index contributed by atoms with van der Waals surface area (Å²) in [6.45, 7) is 0.899. The lowest BCUT2D eigenvalue weighted by molar-refractivity contribution is 0.219. The molecule has 1 unspecified atom stereocenters. The molecule has 1 aliphatic rings. The van der Waals surface area contributed by atoms with E-state index in [9.17, 15) is 4.79 Å². The molecule has 1 saturated heterocycles. The molecule has 1 heterocycles. The molecule has 0 spiro atoms. The van der Waals surface area contributed by atoms with Crippen LogP contribution < -0.4 is 4.74 Å². The zero-order chi connectivity index (χ0) is 14.5. The predicted molar refractivity (Wildman–Crippen MR) is 83.6 cm³/mol. The van der Waals surface area contributed by atoms with Crippen molar-refractivity contribution in [1.82, 2.24) is 4.90 Å². The van der Waals surface area contributed by atoms with Crippen molar-refractivity contribution in [2.24, 2.45) is 0 Å². The second-order valence-corrected chi connectivity index (χ2v) is 5.36. The molecule has 3 nitrogen and oxygen atoms in total. The Morgan fingerprint density at radius 1 is 1.55 bits per heavy atom. The van der Waals surface area contributed by atoms with Crippen molar-refractivity contribution < 1.29 is 9.53 Å². The minimum Gasteiger partial charge on any atom is -0.479 e. The minimum atomic E-state index is -0.210. The standard InChI is InChI=1S/C14H13Cl2NO2S/c15-6-2-8-19-13-9-10(4-5-11(13)16)12-3-1-7-17(12)14(18)20/h4-5,9,12H,1,3,7-8H2,(H,18,20). The monoisotopic (exact) mass is 329 g/mol. The number of carbonyl (C=O) groups is 1. The molecule has 6 heteroatoms. The van der Waals surface area contributed by atoms with Gasteiger partial charge in [0.25, 0.3) is 5.24 Å². The summed E-state index contributed by atoms with van der Waals surface area (Å²) in [5.41, 5.74) is 0.989. The van der Waals surface area contributed by atoms with Crippen LogP contribution in [0, 0.1) is 11.3 Å². The van der Waals surface area contributed by atoms with Crippen LogP contribution in [0.15, 0.2) is 18.2 Å². The summed E-state index contributed by atoms with van der Waals surface area (Å²) in [5, 5.41) is 2.54. The van der Waals surface area contributed by atoms with E-state index in [-0.39, 0.29) is 17.9 Å². The number of amides is 1. The predicted octanol–water partition coefficient (Wildman–Crippen LogP) is 4.11. The summed E-state index contributed by atoms with van der Waals surface area (Å²) in [6, 6.07) is 5.54. The summed E-state index contributed by atoms with van der Waals surface area (Å²) < 4.78 is 5.46. The van der Waals surface area contributed by atoms with Crippen LogP contribution in [0.4, 0.5) is 4.79 Å². The van der Waals surface area contributed by atoms with Crippen LogP contribution in [-0.2, 0) is 0 Å². The van der Waals surface area contributed by atoms with E-state index in [1.54, 1.807) is 11.0 Å². The maximum absolute atomic E-state index is 11.5. The topological polar surface area (TPSA) is 29.5 Å². The molecule has 1 atom stereocenters. The molecule has 0 aromatic heterocycles. The van der Waals surface area contributed by atoms with E-state index >= 15 is 0 Å². The van der Waals surface area contributed by atoms with Crippen molar-refractivity contribution in [3.05, 3.63) is 28.8 Å². The van der Waals surface area contributed by atoms with Gasteiger partial charge in [-0.25, -0.2) is 0 Å². The largest absolute Gasteiger partial charge is 0.479 e. The third-order valence-electron chi connectivity index (χ3n) is 3.21. The summed E-state index contributed by atoms with van der Waals surface area (Å²) in [6.07, 6.45) is 1.88. The zero-order valence-electron chi connectivity index (χ0n) is 10.6. The molecular formula is C14H13Cl2NO2S. The maximum atomic E-state index is 11.5. The van der Waals surface area contributed by atoms with E-state index in [0.29, 0.717) is 10.8 Å². The van der Waals surface area contributed by atoms with Gasteiger partial charge in [-0.05, 0) is 48.1 Å². The molecular weight excluding hydrogens is 317 g/mol. The number of ether oxygens (including phenoxy) is 1. The Bertz CT molecular complexity index is 568. The first kappa shape index (κ1) is 15.4. The molecule has 1 aliphatic heterocycles. The molecule has 0 bridgehead atoms. The Labute approximate surface area is 133 Å². The molecule has 1 fully saturated rings. The molecule has 1 aromatic rings. The molecule has 106 valence electrons. The Morgan fingerprint density at radius 3 is 3.05 bits per heavy atom. The van der Waals surface area contributed by atoms with E-state index in [4.69, 9.17) is 27.9 Å². The van der Waals surface area contributed by atoms with Gasteiger partial charge in [-0.3, -0.25) is 4.79 Å². The summed E-state index contributed by atoms with van der Waals surface area (Å²) in [5.74, 6) is 3.14. The first-order valence-corrected chi connectivity index (χ1v) is 7.34. The highest BCUT2D eigenvalue weighted by atomic mass is 35.5. The summed E-state index contributed by atoms with van der Waals surface area (Å²) in [4.78, 5) is 13.2. The first-order valence-electron chi connectivity index (χ1n) is 6.14. The van der Waals surface area contributed by atoms with Crippen molar-refractivity contribution in [1.29, 1.82) is 0 Å². The van der Waals surface area contributed by atoms with Gasteiger partial charge in [-0.1, -0.05) is 30.3 Å². The van der Waals surface area contributed by atoms with E-state index < -0.39 is 0 Å². The first-order chi connectivity index (χ1) is 9.63. The average molecular weight is 330 g/mol. The number of likely N-dealkylation sites (tertiary alicyclic amines) is 1. The van der Waals surface area contributed by atoms with Crippen molar-refractivity contribution in [3.8, 4) is 17.0 Å². The highest BCUT2D eigenvalue weighted by Crippen LogP contribution is 2.36. The van der Waals surface area contributed by atoms with E-state index in [2.05, 4.69) is 23.9 Å². The van der Waals surface area contributed by atoms with E-state index in [1.165, 1.54) is 0 Å². The highest BCUT2D eigenvalue weighted by molar-refractivity contribution is 7.96. The van der Waals surface area contributed by atoms with Gasteiger partial charge < -0.3 is 9.64 Å². The van der Waals surface area contributed by atoms with Crippen molar-refractivity contribution >= 4 is 41.1 Å². The number of hydrogen-bond donors (Lipinski definition) is 1. The zero-order valence-corrected chi connectivity index (χ0v) is 13.0. The van der Waals surface area contributed by atoms with Crippen molar-refractivity contribution in [2.45, 2.75) is 18.9 Å². The molecule has 2 rings (SSSR count). The van der Waals surface area contributed by atoms with Gasteiger partial charge in [0.1, 0.15) is 12.4 Å². The van der Waals surface area contributed by atoms with Crippen LogP contribution in [0.1, 0.15) is 24.4 Å². The molecule has 1 aromatic carbocycles. The van der Waals surface area contributed by atoms with Gasteiger partial charge in [-0.2, -0.15) is 0 Å². The van der Waals surface area contributed by atoms with Gasteiger partial charge in [-0.15, -0.1) is 0 Å². The Kier molecular flexibility index (Phi) is 5.47. The lowest BCUT2D eigenvalue weighted by Crippen LogP contribution is -2.25. The summed E-state index contributed by atoms with van der Waals surface area (Å²) >= 11 is 15.3. The fourth-order valence-electron chi connectivity index (χ4n) is 2.32. The van der Waals surface area contributed by atoms with E-state index in [0.717, 1.165) is 24.9 Å². The number of hydrogen-bond acceptors (Lipinski definition) is 2. The molecule has 1 amide bonds. The number of halogens is 2. The Morgan fingerprint density at radius 2 is 2.35 bits per heavy atom. The number of rotatable bonds is 3. The third kappa shape index (κ3) is 3.54. The maximum Gasteiger partial charge on any atom is 0.279 e. The molecule has 0 radical (unpaired) electrons. The van der Waals surface area contributed by atoms with Crippen LogP contribution in [0.3, 0.4) is 0 Å². The third-order valence-corrected chi connectivity index (χ3v) is 3.91. The van der Waals surface area contributed by atoms with Crippen LogP contribution in [0.5, 0.6) is 5.75 Å².